The van der Waals surface area contributed by atoms with Crippen LogP contribution in [0.1, 0.15) is 26.4 Å². The molecule has 0 saturated carbocycles. The summed E-state index contributed by atoms with van der Waals surface area (Å²) in [6, 6.07) is 13.7. The van der Waals surface area contributed by atoms with Crippen LogP contribution in [0.15, 0.2) is 53.9 Å². The fourth-order valence-corrected chi connectivity index (χ4v) is 3.33. The molecule has 0 unspecified atom stereocenters. The van der Waals surface area contributed by atoms with Crippen molar-refractivity contribution in [1.82, 2.24) is 0 Å². The van der Waals surface area contributed by atoms with Crippen LogP contribution < -0.4 is 10.1 Å². The Hall–Kier alpha value is -2.66. The van der Waals surface area contributed by atoms with E-state index in [2.05, 4.69) is 11.4 Å². The van der Waals surface area contributed by atoms with E-state index in [4.69, 9.17) is 4.74 Å². The van der Waals surface area contributed by atoms with Gasteiger partial charge in [0.05, 0.1) is 4.88 Å². The van der Waals surface area contributed by atoms with Gasteiger partial charge in [0.15, 0.2) is 0 Å². The number of carbonyl (C=O) groups is 1. The largest absolute Gasteiger partial charge is 0.489 e. The molecule has 1 heterocycles. The molecule has 0 saturated heterocycles. The van der Waals surface area contributed by atoms with E-state index in [1.165, 1.54) is 23.5 Å². The molecule has 0 atom stereocenters. The van der Waals surface area contributed by atoms with Gasteiger partial charge in [-0.2, -0.15) is 0 Å². The minimum absolute atomic E-state index is 0.146. The maximum atomic E-state index is 13.1. The van der Waals surface area contributed by atoms with Crippen molar-refractivity contribution in [1.29, 1.82) is 0 Å². The first kappa shape index (κ1) is 17.2. The number of carbonyl (C=O) groups excluding carboxylic acids is 1. The third-order valence-corrected chi connectivity index (χ3v) is 4.54. The molecule has 0 aliphatic heterocycles. The summed E-state index contributed by atoms with van der Waals surface area (Å²) >= 11 is 1.36. The van der Waals surface area contributed by atoms with Gasteiger partial charge in [0, 0.05) is 17.3 Å². The van der Waals surface area contributed by atoms with Crippen LogP contribution in [0, 0.1) is 19.7 Å². The Balaban J connectivity index is 1.63. The van der Waals surface area contributed by atoms with E-state index in [-0.39, 0.29) is 18.3 Å². The second-order valence-electron chi connectivity index (χ2n) is 5.90. The van der Waals surface area contributed by atoms with Crippen LogP contribution in [0.5, 0.6) is 5.75 Å². The third kappa shape index (κ3) is 4.67. The maximum Gasteiger partial charge on any atom is 0.265 e. The third-order valence-electron chi connectivity index (χ3n) is 3.56. The van der Waals surface area contributed by atoms with Crippen molar-refractivity contribution < 1.29 is 13.9 Å². The summed E-state index contributed by atoms with van der Waals surface area (Å²) in [6.45, 7) is 4.28. The average Bonchev–Trinajstić information content (AvgIpc) is 3.01. The summed E-state index contributed by atoms with van der Waals surface area (Å²) in [5.41, 5.74) is 3.87. The number of benzene rings is 2. The van der Waals surface area contributed by atoms with Crippen molar-refractivity contribution in [2.45, 2.75) is 20.5 Å². The van der Waals surface area contributed by atoms with Gasteiger partial charge in [-0.15, -0.1) is 11.3 Å². The molecule has 25 heavy (non-hydrogen) atoms. The van der Waals surface area contributed by atoms with Crippen LogP contribution in [0.4, 0.5) is 10.1 Å². The van der Waals surface area contributed by atoms with Crippen molar-refractivity contribution >= 4 is 22.9 Å². The van der Waals surface area contributed by atoms with Gasteiger partial charge in [0.1, 0.15) is 18.2 Å². The minimum Gasteiger partial charge on any atom is -0.489 e. The van der Waals surface area contributed by atoms with Crippen LogP contribution in [0.3, 0.4) is 0 Å². The fourth-order valence-electron chi connectivity index (χ4n) is 2.53. The molecule has 0 radical (unpaired) electrons. The van der Waals surface area contributed by atoms with Crippen LogP contribution in [-0.2, 0) is 6.61 Å². The van der Waals surface area contributed by atoms with Crippen LogP contribution in [0.25, 0.3) is 0 Å². The highest BCUT2D eigenvalue weighted by molar-refractivity contribution is 7.12. The van der Waals surface area contributed by atoms with E-state index in [1.54, 1.807) is 18.2 Å². The van der Waals surface area contributed by atoms with Crippen molar-refractivity contribution in [2.24, 2.45) is 0 Å². The number of rotatable bonds is 5. The zero-order valence-corrected chi connectivity index (χ0v) is 14.8. The molecule has 0 fully saturated rings. The number of nitrogens with one attached hydrogen (secondary N) is 1. The molecule has 128 valence electrons. The van der Waals surface area contributed by atoms with Crippen molar-refractivity contribution in [2.75, 3.05) is 5.32 Å². The van der Waals surface area contributed by atoms with Crippen LogP contribution >= 0.6 is 11.3 Å². The zero-order valence-electron chi connectivity index (χ0n) is 14.0. The Bertz CT molecular complexity index is 884. The SMILES string of the molecule is Cc1cc(C)cc(NC(=O)c2cc(COc3cccc(F)c3)cs2)c1. The Morgan fingerprint density at radius 3 is 2.60 bits per heavy atom. The average molecular weight is 355 g/mol. The molecule has 1 N–H and O–H groups in total. The van der Waals surface area contributed by atoms with Crippen LogP contribution in [0.2, 0.25) is 0 Å². The second-order valence-corrected chi connectivity index (χ2v) is 6.81. The van der Waals surface area contributed by atoms with Gasteiger partial charge in [-0.3, -0.25) is 4.79 Å². The molecule has 0 aliphatic rings. The summed E-state index contributed by atoms with van der Waals surface area (Å²) in [7, 11) is 0. The quantitative estimate of drug-likeness (QED) is 0.671. The smallest absolute Gasteiger partial charge is 0.265 e. The second kappa shape index (κ2) is 7.49. The lowest BCUT2D eigenvalue weighted by molar-refractivity contribution is 0.103. The van der Waals surface area contributed by atoms with E-state index in [1.807, 2.05) is 31.4 Å². The first-order valence-corrected chi connectivity index (χ1v) is 8.73. The lowest BCUT2D eigenvalue weighted by Gasteiger charge is -2.06. The van der Waals surface area contributed by atoms with E-state index in [0.717, 1.165) is 22.4 Å². The van der Waals surface area contributed by atoms with E-state index >= 15 is 0 Å². The number of aryl methyl sites for hydroxylation is 2. The lowest BCUT2D eigenvalue weighted by Crippen LogP contribution is -2.10. The summed E-state index contributed by atoms with van der Waals surface area (Å²) in [4.78, 5) is 13.0. The van der Waals surface area contributed by atoms with Gasteiger partial charge in [-0.25, -0.2) is 4.39 Å². The van der Waals surface area contributed by atoms with Gasteiger partial charge < -0.3 is 10.1 Å². The molecule has 5 heteroatoms. The predicted octanol–water partition coefficient (Wildman–Crippen LogP) is 5.34. The van der Waals surface area contributed by atoms with Gasteiger partial charge in [0.25, 0.3) is 5.91 Å². The topological polar surface area (TPSA) is 38.3 Å². The molecule has 1 aromatic heterocycles. The first-order valence-electron chi connectivity index (χ1n) is 7.85. The molecular weight excluding hydrogens is 337 g/mol. The molecule has 2 aromatic carbocycles. The van der Waals surface area contributed by atoms with Gasteiger partial charge >= 0.3 is 0 Å². The number of halogens is 1. The summed E-state index contributed by atoms with van der Waals surface area (Å²) in [5.74, 6) is -0.0178. The Labute approximate surface area is 150 Å². The molecular formula is C20H18FNO2S. The van der Waals surface area contributed by atoms with Crippen molar-refractivity contribution in [3.63, 3.8) is 0 Å². The zero-order chi connectivity index (χ0) is 17.8. The normalized spacial score (nSPS) is 10.5. The molecule has 0 bridgehead atoms. The van der Waals surface area contributed by atoms with E-state index in [0.29, 0.717) is 10.6 Å². The van der Waals surface area contributed by atoms with E-state index < -0.39 is 0 Å². The van der Waals surface area contributed by atoms with Crippen LogP contribution in [-0.4, -0.2) is 5.91 Å². The Morgan fingerprint density at radius 1 is 1.12 bits per heavy atom. The first-order chi connectivity index (χ1) is 12.0. The minimum atomic E-state index is -0.337. The van der Waals surface area contributed by atoms with Crippen molar-refractivity contribution in [3.8, 4) is 5.75 Å². The predicted molar refractivity (Wildman–Crippen MR) is 98.9 cm³/mol. The molecule has 0 aliphatic carbocycles. The Kier molecular flexibility index (Phi) is 5.14. The monoisotopic (exact) mass is 355 g/mol. The molecule has 0 spiro atoms. The summed E-state index contributed by atoms with van der Waals surface area (Å²) in [6.07, 6.45) is 0. The molecule has 3 aromatic rings. The summed E-state index contributed by atoms with van der Waals surface area (Å²) < 4.78 is 18.7. The Morgan fingerprint density at radius 2 is 1.88 bits per heavy atom. The highest BCUT2D eigenvalue weighted by atomic mass is 32.1. The van der Waals surface area contributed by atoms with E-state index in [9.17, 15) is 9.18 Å². The molecule has 3 rings (SSSR count). The van der Waals surface area contributed by atoms with Gasteiger partial charge in [-0.05, 0) is 60.7 Å². The lowest BCUT2D eigenvalue weighted by atomic mass is 10.1. The standard InChI is InChI=1S/C20H18FNO2S/c1-13-6-14(2)8-17(7-13)22-20(23)19-9-15(12-25-19)11-24-18-5-3-4-16(21)10-18/h3-10,12H,11H2,1-2H3,(H,22,23). The number of anilines is 1. The van der Waals surface area contributed by atoms with Gasteiger partial charge in [-0.1, -0.05) is 12.1 Å². The molecule has 1 amide bonds. The van der Waals surface area contributed by atoms with Crippen molar-refractivity contribution in [3.05, 3.63) is 81.3 Å². The fraction of sp³-hybridized carbons (Fsp3) is 0.150. The molecule has 3 nitrogen and oxygen atoms in total. The highest BCUT2D eigenvalue weighted by Crippen LogP contribution is 2.21. The number of hydrogen-bond donors (Lipinski definition) is 1. The highest BCUT2D eigenvalue weighted by Gasteiger charge is 2.10. The number of hydrogen-bond acceptors (Lipinski definition) is 3. The maximum absolute atomic E-state index is 13.1. The summed E-state index contributed by atoms with van der Waals surface area (Å²) in [5, 5.41) is 4.79. The van der Waals surface area contributed by atoms with Gasteiger partial charge in [0.2, 0.25) is 0 Å². The number of ether oxygens (including phenoxy) is 1. The number of amides is 1. The number of thiophene rings is 1.